The minimum atomic E-state index is -0.354. The summed E-state index contributed by atoms with van der Waals surface area (Å²) in [5, 5.41) is 12.6. The number of carbonyl (C=O) groups excluding carboxylic acids is 1. The van der Waals surface area contributed by atoms with Crippen molar-refractivity contribution < 1.29 is 9.21 Å². The second kappa shape index (κ2) is 6.54. The first-order valence-corrected chi connectivity index (χ1v) is 9.35. The number of nitriles is 1. The first kappa shape index (κ1) is 17.1. The largest absolute Gasteiger partial charge is 0.443 e. The smallest absolute Gasteiger partial charge is 0.260 e. The number of fused-ring (bicyclic) bond motifs is 3. The molecular weight excluding hydrogens is 362 g/mol. The molecule has 2 aromatic carbocycles. The molecule has 0 bridgehead atoms. The zero-order chi connectivity index (χ0) is 20.0. The summed E-state index contributed by atoms with van der Waals surface area (Å²) in [4.78, 5) is 13.0. The Bertz CT molecular complexity index is 1290. The van der Waals surface area contributed by atoms with Crippen molar-refractivity contribution in [1.29, 1.82) is 5.26 Å². The van der Waals surface area contributed by atoms with Gasteiger partial charge in [0.2, 0.25) is 5.88 Å². The molecule has 0 fully saturated rings. The normalized spacial score (nSPS) is 11.6. The Morgan fingerprint density at radius 3 is 2.62 bits per heavy atom. The molecule has 2 heterocycles. The average molecular weight is 379 g/mol. The standard InChI is InChI=1S/C24H17N3O2/c1-15-22(21(14-25)24(29-15)27-10-4-5-11-27)23(28)26-18-9-8-17-12-16-6-2-3-7-19(16)20(17)13-18/h2-11,13H,12H2,1H3,(H,26,28). The molecule has 1 aliphatic carbocycles. The first-order chi connectivity index (χ1) is 14.2. The predicted octanol–water partition coefficient (Wildman–Crippen LogP) is 5.07. The van der Waals surface area contributed by atoms with Gasteiger partial charge in [0.15, 0.2) is 0 Å². The van der Waals surface area contributed by atoms with E-state index in [1.54, 1.807) is 23.9 Å². The molecule has 0 saturated carbocycles. The molecule has 1 aliphatic rings. The molecule has 0 saturated heterocycles. The van der Waals surface area contributed by atoms with Crippen LogP contribution in [0, 0.1) is 18.3 Å². The summed E-state index contributed by atoms with van der Waals surface area (Å²) in [7, 11) is 0. The van der Waals surface area contributed by atoms with Crippen molar-refractivity contribution in [3.63, 3.8) is 0 Å². The van der Waals surface area contributed by atoms with E-state index < -0.39 is 0 Å². The molecule has 0 radical (unpaired) electrons. The maximum atomic E-state index is 13.0. The van der Waals surface area contributed by atoms with Gasteiger partial charge in [-0.3, -0.25) is 9.36 Å². The van der Waals surface area contributed by atoms with Gasteiger partial charge in [0, 0.05) is 18.1 Å². The number of nitrogens with zero attached hydrogens (tertiary/aromatic N) is 2. The lowest BCUT2D eigenvalue weighted by Gasteiger charge is -2.08. The van der Waals surface area contributed by atoms with Crippen LogP contribution in [0.4, 0.5) is 5.69 Å². The monoisotopic (exact) mass is 379 g/mol. The van der Waals surface area contributed by atoms with Crippen LogP contribution in [0.5, 0.6) is 0 Å². The number of furan rings is 1. The third kappa shape index (κ3) is 2.74. The molecule has 0 atom stereocenters. The molecule has 0 spiro atoms. The van der Waals surface area contributed by atoms with E-state index in [9.17, 15) is 10.1 Å². The number of hydrogen-bond donors (Lipinski definition) is 1. The van der Waals surface area contributed by atoms with Crippen molar-refractivity contribution in [1.82, 2.24) is 4.57 Å². The lowest BCUT2D eigenvalue weighted by atomic mass is 10.0. The third-order valence-corrected chi connectivity index (χ3v) is 5.30. The predicted molar refractivity (Wildman–Crippen MR) is 110 cm³/mol. The molecule has 5 rings (SSSR count). The van der Waals surface area contributed by atoms with Crippen LogP contribution in [-0.2, 0) is 6.42 Å². The van der Waals surface area contributed by atoms with Gasteiger partial charge >= 0.3 is 0 Å². The van der Waals surface area contributed by atoms with E-state index in [1.807, 2.05) is 42.5 Å². The number of hydrogen-bond acceptors (Lipinski definition) is 3. The van der Waals surface area contributed by atoms with Crippen molar-refractivity contribution in [2.45, 2.75) is 13.3 Å². The average Bonchev–Trinajstić information content (AvgIpc) is 3.44. The van der Waals surface area contributed by atoms with Crippen molar-refractivity contribution in [3.8, 4) is 23.1 Å². The minimum Gasteiger partial charge on any atom is -0.443 e. The van der Waals surface area contributed by atoms with Gasteiger partial charge in [0.25, 0.3) is 5.91 Å². The fourth-order valence-electron chi connectivity index (χ4n) is 3.95. The fourth-order valence-corrected chi connectivity index (χ4v) is 3.95. The summed E-state index contributed by atoms with van der Waals surface area (Å²) in [6, 6.07) is 20.0. The lowest BCUT2D eigenvalue weighted by molar-refractivity contribution is 0.102. The van der Waals surface area contributed by atoms with Gasteiger partial charge in [-0.05, 0) is 59.9 Å². The molecule has 5 nitrogen and oxygen atoms in total. The van der Waals surface area contributed by atoms with Crippen LogP contribution in [0.2, 0.25) is 0 Å². The van der Waals surface area contributed by atoms with E-state index in [-0.39, 0.29) is 17.0 Å². The van der Waals surface area contributed by atoms with Crippen LogP contribution in [0.15, 0.2) is 71.4 Å². The highest BCUT2D eigenvalue weighted by Gasteiger charge is 2.25. The van der Waals surface area contributed by atoms with E-state index in [4.69, 9.17) is 4.42 Å². The second-order valence-corrected chi connectivity index (χ2v) is 7.08. The molecular formula is C24H17N3O2. The molecule has 0 unspecified atom stereocenters. The number of aromatic nitrogens is 1. The first-order valence-electron chi connectivity index (χ1n) is 9.35. The van der Waals surface area contributed by atoms with Crippen LogP contribution in [-0.4, -0.2) is 10.5 Å². The van der Waals surface area contributed by atoms with Crippen molar-refractivity contribution in [2.75, 3.05) is 5.32 Å². The van der Waals surface area contributed by atoms with Crippen LogP contribution in [0.1, 0.15) is 32.8 Å². The molecule has 2 aromatic heterocycles. The van der Waals surface area contributed by atoms with E-state index in [2.05, 4.69) is 23.5 Å². The molecule has 1 N–H and O–H groups in total. The summed E-state index contributed by atoms with van der Waals surface area (Å²) in [5.74, 6) is 0.407. The Balaban J connectivity index is 1.49. The summed E-state index contributed by atoms with van der Waals surface area (Å²) in [6.45, 7) is 1.70. The van der Waals surface area contributed by atoms with Gasteiger partial charge in [0.05, 0.1) is 0 Å². The van der Waals surface area contributed by atoms with Crippen molar-refractivity contribution >= 4 is 11.6 Å². The summed E-state index contributed by atoms with van der Waals surface area (Å²) in [5.41, 5.74) is 6.05. The summed E-state index contributed by atoms with van der Waals surface area (Å²) < 4.78 is 7.43. The number of benzene rings is 2. The van der Waals surface area contributed by atoms with E-state index in [0.717, 1.165) is 12.0 Å². The maximum absolute atomic E-state index is 13.0. The molecule has 4 aromatic rings. The van der Waals surface area contributed by atoms with Gasteiger partial charge in [-0.2, -0.15) is 5.26 Å². The van der Waals surface area contributed by atoms with Gasteiger partial charge in [0.1, 0.15) is 23.0 Å². The molecule has 0 aliphatic heterocycles. The second-order valence-electron chi connectivity index (χ2n) is 7.08. The fraction of sp³-hybridized carbons (Fsp3) is 0.0833. The Morgan fingerprint density at radius 1 is 1.07 bits per heavy atom. The van der Waals surface area contributed by atoms with Gasteiger partial charge in [-0.1, -0.05) is 30.3 Å². The number of anilines is 1. The number of aryl methyl sites for hydroxylation is 1. The molecule has 1 amide bonds. The Labute approximate surface area is 167 Å². The van der Waals surface area contributed by atoms with Gasteiger partial charge < -0.3 is 9.73 Å². The van der Waals surface area contributed by atoms with E-state index in [0.29, 0.717) is 17.3 Å². The summed E-state index contributed by atoms with van der Waals surface area (Å²) in [6.07, 6.45) is 4.46. The topological polar surface area (TPSA) is 71.0 Å². The van der Waals surface area contributed by atoms with E-state index in [1.165, 1.54) is 16.7 Å². The number of carbonyl (C=O) groups is 1. The minimum absolute atomic E-state index is 0.225. The third-order valence-electron chi connectivity index (χ3n) is 5.30. The zero-order valence-electron chi connectivity index (χ0n) is 15.8. The van der Waals surface area contributed by atoms with Crippen LogP contribution >= 0.6 is 0 Å². The SMILES string of the molecule is Cc1oc(-n2cccc2)c(C#N)c1C(=O)Nc1ccc2c(c1)-c1ccccc1C2. The Kier molecular flexibility index (Phi) is 3.85. The Morgan fingerprint density at radius 2 is 1.83 bits per heavy atom. The molecule has 140 valence electrons. The highest BCUT2D eigenvalue weighted by atomic mass is 16.4. The van der Waals surface area contributed by atoms with Gasteiger partial charge in [-0.15, -0.1) is 0 Å². The Hall–Kier alpha value is -4.04. The maximum Gasteiger partial charge on any atom is 0.260 e. The molecule has 29 heavy (non-hydrogen) atoms. The van der Waals surface area contributed by atoms with Gasteiger partial charge in [-0.25, -0.2) is 0 Å². The number of rotatable bonds is 3. The number of amides is 1. The van der Waals surface area contributed by atoms with Crippen LogP contribution in [0.3, 0.4) is 0 Å². The van der Waals surface area contributed by atoms with Crippen molar-refractivity contribution in [2.24, 2.45) is 0 Å². The quantitative estimate of drug-likeness (QED) is 0.475. The molecule has 5 heteroatoms. The number of nitrogens with one attached hydrogen (secondary N) is 1. The van der Waals surface area contributed by atoms with Crippen LogP contribution in [0.25, 0.3) is 17.0 Å². The van der Waals surface area contributed by atoms with Crippen molar-refractivity contribution in [3.05, 3.63) is 95.0 Å². The highest BCUT2D eigenvalue weighted by molar-refractivity contribution is 6.07. The highest BCUT2D eigenvalue weighted by Crippen LogP contribution is 2.38. The lowest BCUT2D eigenvalue weighted by Crippen LogP contribution is -2.14. The zero-order valence-corrected chi connectivity index (χ0v) is 15.8. The summed E-state index contributed by atoms with van der Waals surface area (Å²) >= 11 is 0. The van der Waals surface area contributed by atoms with E-state index >= 15 is 0 Å². The van der Waals surface area contributed by atoms with Crippen LogP contribution < -0.4 is 5.32 Å².